The van der Waals surface area contributed by atoms with Gasteiger partial charge in [0.2, 0.25) is 5.91 Å². The zero-order valence-electron chi connectivity index (χ0n) is 18.0. The molecule has 4 rings (SSSR count). The van der Waals surface area contributed by atoms with E-state index in [9.17, 15) is 14.0 Å². The Labute approximate surface area is 205 Å². The second-order valence-electron chi connectivity index (χ2n) is 7.64. The Morgan fingerprint density at radius 3 is 2.32 bits per heavy atom. The number of benzene rings is 3. The molecule has 0 aliphatic rings. The molecule has 1 aromatic heterocycles. The van der Waals surface area contributed by atoms with E-state index in [1.54, 1.807) is 48.5 Å². The minimum atomic E-state index is -0.519. The molecule has 0 saturated carbocycles. The van der Waals surface area contributed by atoms with Crippen molar-refractivity contribution in [3.05, 3.63) is 110 Å². The first kappa shape index (κ1) is 23.7. The summed E-state index contributed by atoms with van der Waals surface area (Å²) in [5.41, 5.74) is 1.36. The highest BCUT2D eigenvalue weighted by Gasteiger charge is 2.18. The summed E-state index contributed by atoms with van der Waals surface area (Å²) in [4.78, 5) is 25.7. The van der Waals surface area contributed by atoms with Gasteiger partial charge in [0.05, 0.1) is 6.54 Å². The number of aromatic nitrogens is 3. The second kappa shape index (κ2) is 10.7. The molecular formula is C25H21Cl2FN4O2. The summed E-state index contributed by atoms with van der Waals surface area (Å²) in [6.07, 6.45) is 0.554. The van der Waals surface area contributed by atoms with Crippen LogP contribution >= 0.6 is 23.2 Å². The number of nitrogens with zero attached hydrogens (tertiary/aromatic N) is 3. The first-order valence-corrected chi connectivity index (χ1v) is 11.3. The van der Waals surface area contributed by atoms with Crippen LogP contribution in [0.3, 0.4) is 0 Å². The molecule has 0 unspecified atom stereocenters. The molecule has 0 spiro atoms. The maximum atomic E-state index is 14.3. The van der Waals surface area contributed by atoms with Gasteiger partial charge in [0.15, 0.2) is 5.82 Å². The topological polar surface area (TPSA) is 68.9 Å². The number of nitrogens with one attached hydrogen (secondary N) is 1. The van der Waals surface area contributed by atoms with Gasteiger partial charge in [0.25, 0.3) is 0 Å². The van der Waals surface area contributed by atoms with Crippen molar-refractivity contribution in [2.24, 2.45) is 0 Å². The van der Waals surface area contributed by atoms with Gasteiger partial charge in [-0.2, -0.15) is 0 Å². The van der Waals surface area contributed by atoms with Crippen molar-refractivity contribution in [1.82, 2.24) is 19.7 Å². The van der Waals surface area contributed by atoms with Crippen molar-refractivity contribution < 1.29 is 9.18 Å². The summed E-state index contributed by atoms with van der Waals surface area (Å²) in [7, 11) is 0. The average Bonchev–Trinajstić information content (AvgIpc) is 3.12. The van der Waals surface area contributed by atoms with Crippen molar-refractivity contribution in [2.75, 3.05) is 6.54 Å². The molecule has 1 heterocycles. The van der Waals surface area contributed by atoms with Crippen molar-refractivity contribution in [2.45, 2.75) is 19.5 Å². The van der Waals surface area contributed by atoms with Crippen LogP contribution in [0, 0.1) is 5.82 Å². The van der Waals surface area contributed by atoms with E-state index in [2.05, 4.69) is 10.4 Å². The molecule has 0 saturated heterocycles. The van der Waals surface area contributed by atoms with Gasteiger partial charge in [-0.1, -0.05) is 59.6 Å². The van der Waals surface area contributed by atoms with Crippen molar-refractivity contribution in [1.29, 1.82) is 0 Å². The van der Waals surface area contributed by atoms with Crippen molar-refractivity contribution in [3.63, 3.8) is 0 Å². The van der Waals surface area contributed by atoms with Gasteiger partial charge in [-0.05, 0) is 48.4 Å². The highest BCUT2D eigenvalue weighted by molar-refractivity contribution is 6.31. The Hall–Kier alpha value is -3.42. The Bertz CT molecular complexity index is 1370. The van der Waals surface area contributed by atoms with Crippen molar-refractivity contribution >= 4 is 29.1 Å². The zero-order valence-corrected chi connectivity index (χ0v) is 19.6. The van der Waals surface area contributed by atoms with Gasteiger partial charge >= 0.3 is 5.69 Å². The fourth-order valence-electron chi connectivity index (χ4n) is 3.53. The lowest BCUT2D eigenvalue weighted by atomic mass is 10.1. The highest BCUT2D eigenvalue weighted by Crippen LogP contribution is 2.20. The summed E-state index contributed by atoms with van der Waals surface area (Å²) in [5, 5.41) is 8.32. The normalized spacial score (nSPS) is 10.9. The van der Waals surface area contributed by atoms with Gasteiger partial charge in [-0.15, -0.1) is 5.10 Å². The van der Waals surface area contributed by atoms with Gasteiger partial charge in [0.1, 0.15) is 12.4 Å². The highest BCUT2D eigenvalue weighted by atomic mass is 35.5. The summed E-state index contributed by atoms with van der Waals surface area (Å²) >= 11 is 12.1. The smallest absolute Gasteiger partial charge is 0.347 e. The Morgan fingerprint density at radius 2 is 1.62 bits per heavy atom. The maximum absolute atomic E-state index is 14.3. The summed E-state index contributed by atoms with van der Waals surface area (Å²) in [6, 6.07) is 20.4. The van der Waals surface area contributed by atoms with E-state index in [0.717, 1.165) is 10.2 Å². The van der Waals surface area contributed by atoms with Crippen LogP contribution in [0.5, 0.6) is 0 Å². The minimum Gasteiger partial charge on any atom is -0.354 e. The minimum absolute atomic E-state index is 0.0302. The molecule has 0 atom stereocenters. The van der Waals surface area contributed by atoms with Crippen LogP contribution in [-0.4, -0.2) is 26.8 Å². The molecule has 0 aliphatic heterocycles. The SMILES string of the molecule is O=C(Cn1nc(-c2ccc(Cl)cc2)n(Cc2ccccc2F)c1=O)NCCc1ccccc1Cl. The summed E-state index contributed by atoms with van der Waals surface area (Å²) < 4.78 is 16.7. The zero-order chi connectivity index (χ0) is 24.1. The third-order valence-electron chi connectivity index (χ3n) is 5.28. The molecule has 174 valence electrons. The van der Waals surface area contributed by atoms with Gasteiger partial charge in [0, 0.05) is 27.7 Å². The molecule has 0 bridgehead atoms. The molecule has 1 amide bonds. The molecule has 34 heavy (non-hydrogen) atoms. The van der Waals surface area contributed by atoms with Gasteiger partial charge in [-0.25, -0.2) is 13.9 Å². The summed E-state index contributed by atoms with van der Waals surface area (Å²) in [5.74, 6) is -0.484. The van der Waals surface area contributed by atoms with E-state index in [4.69, 9.17) is 23.2 Å². The first-order chi connectivity index (χ1) is 16.4. The quantitative estimate of drug-likeness (QED) is 0.387. The molecule has 0 radical (unpaired) electrons. The van der Waals surface area contributed by atoms with E-state index in [-0.39, 0.29) is 19.0 Å². The van der Waals surface area contributed by atoms with E-state index < -0.39 is 11.5 Å². The predicted octanol–water partition coefficient (Wildman–Crippen LogP) is 4.56. The number of carbonyl (C=O) groups is 1. The van der Waals surface area contributed by atoms with Crippen LogP contribution in [0.15, 0.2) is 77.6 Å². The number of amides is 1. The van der Waals surface area contributed by atoms with E-state index in [1.165, 1.54) is 10.6 Å². The maximum Gasteiger partial charge on any atom is 0.347 e. The Balaban J connectivity index is 1.55. The summed E-state index contributed by atoms with van der Waals surface area (Å²) in [6.45, 7) is 0.0566. The van der Waals surface area contributed by atoms with Crippen LogP contribution in [0.2, 0.25) is 10.0 Å². The third-order valence-corrected chi connectivity index (χ3v) is 5.90. The Kier molecular flexibility index (Phi) is 7.45. The average molecular weight is 499 g/mol. The second-order valence-corrected chi connectivity index (χ2v) is 8.48. The van der Waals surface area contributed by atoms with E-state index >= 15 is 0 Å². The lowest BCUT2D eigenvalue weighted by Crippen LogP contribution is -2.34. The predicted molar refractivity (Wildman–Crippen MR) is 131 cm³/mol. The monoisotopic (exact) mass is 498 g/mol. The van der Waals surface area contributed by atoms with Crippen LogP contribution in [0.4, 0.5) is 4.39 Å². The fourth-order valence-corrected chi connectivity index (χ4v) is 3.88. The van der Waals surface area contributed by atoms with Crippen LogP contribution in [0.25, 0.3) is 11.4 Å². The first-order valence-electron chi connectivity index (χ1n) is 10.6. The number of halogens is 3. The molecular weight excluding hydrogens is 478 g/mol. The van der Waals surface area contributed by atoms with Crippen LogP contribution in [-0.2, 0) is 24.3 Å². The molecule has 6 nitrogen and oxygen atoms in total. The molecule has 1 N–H and O–H groups in total. The van der Waals surface area contributed by atoms with E-state index in [0.29, 0.717) is 40.0 Å². The number of rotatable bonds is 8. The third kappa shape index (κ3) is 5.55. The van der Waals surface area contributed by atoms with Crippen LogP contribution in [0.1, 0.15) is 11.1 Å². The number of hydrogen-bond donors (Lipinski definition) is 1. The van der Waals surface area contributed by atoms with Gasteiger partial charge in [-0.3, -0.25) is 9.36 Å². The molecule has 9 heteroatoms. The van der Waals surface area contributed by atoms with E-state index in [1.807, 2.05) is 18.2 Å². The molecule has 0 aliphatic carbocycles. The van der Waals surface area contributed by atoms with Crippen molar-refractivity contribution in [3.8, 4) is 11.4 Å². The molecule has 0 fully saturated rings. The lowest BCUT2D eigenvalue weighted by molar-refractivity contribution is -0.121. The lowest BCUT2D eigenvalue weighted by Gasteiger charge is -2.07. The number of hydrogen-bond acceptors (Lipinski definition) is 3. The van der Waals surface area contributed by atoms with Crippen LogP contribution < -0.4 is 11.0 Å². The standard InChI is InChI=1S/C25H21Cl2FN4O2/c26-20-11-9-18(10-12-20)24-30-32(25(34)31(24)15-19-6-2-4-8-22(19)28)16-23(33)29-14-13-17-5-1-3-7-21(17)27/h1-12H,13-16H2,(H,29,33). The fraction of sp³-hybridized carbons (Fsp3) is 0.160. The largest absolute Gasteiger partial charge is 0.354 e. The Morgan fingerprint density at radius 1 is 0.941 bits per heavy atom. The van der Waals surface area contributed by atoms with Gasteiger partial charge < -0.3 is 5.32 Å². The molecule has 3 aromatic carbocycles. The number of carbonyl (C=O) groups excluding carboxylic acids is 1. The molecule has 4 aromatic rings.